The molecule has 118 valence electrons. The van der Waals surface area contributed by atoms with E-state index >= 15 is 0 Å². The first-order valence-electron chi connectivity index (χ1n) is 5.88. The quantitative estimate of drug-likeness (QED) is 0.652. The van der Waals surface area contributed by atoms with E-state index in [1.54, 1.807) is 0 Å². The average Bonchev–Trinajstić information content (AvgIpc) is 2.38. The summed E-state index contributed by atoms with van der Waals surface area (Å²) in [6, 6.07) is -1.10. The van der Waals surface area contributed by atoms with Gasteiger partial charge in [-0.1, -0.05) is 0 Å². The number of amides is 1. The molecule has 2 N–H and O–H groups in total. The van der Waals surface area contributed by atoms with Gasteiger partial charge in [-0.15, -0.1) is 0 Å². The van der Waals surface area contributed by atoms with E-state index in [0.29, 0.717) is 4.90 Å². The summed E-state index contributed by atoms with van der Waals surface area (Å²) >= 11 is 0. The molecule has 0 saturated carbocycles. The predicted molar refractivity (Wildman–Crippen MR) is 63.7 cm³/mol. The van der Waals surface area contributed by atoms with E-state index in [0.717, 1.165) is 7.11 Å². The van der Waals surface area contributed by atoms with Crippen LogP contribution in [0.5, 0.6) is 0 Å². The summed E-state index contributed by atoms with van der Waals surface area (Å²) in [4.78, 5) is 23.3. The molecular weight excluding hydrogens is 281 g/mol. The Morgan fingerprint density at radius 2 is 1.90 bits per heavy atom. The molecule has 0 aromatic heterocycles. The molecule has 0 rings (SSSR count). The largest absolute Gasteiger partial charge is 0.469 e. The van der Waals surface area contributed by atoms with Crippen LogP contribution in [0.4, 0.5) is 13.2 Å². The van der Waals surface area contributed by atoms with E-state index in [1.165, 1.54) is 7.11 Å². The molecule has 0 bridgehead atoms. The Morgan fingerprint density at radius 3 is 2.35 bits per heavy atom. The fourth-order valence-corrected chi connectivity index (χ4v) is 1.41. The number of ether oxygens (including phenoxy) is 2. The second kappa shape index (κ2) is 8.75. The normalized spacial score (nSPS) is 12.9. The van der Waals surface area contributed by atoms with Crippen LogP contribution in [0.2, 0.25) is 0 Å². The molecule has 0 aliphatic rings. The van der Waals surface area contributed by atoms with E-state index in [1.807, 2.05) is 0 Å². The maximum Gasteiger partial charge on any atom is 0.406 e. The lowest BCUT2D eigenvalue weighted by molar-refractivity contribution is -0.163. The molecule has 0 heterocycles. The third-order valence-corrected chi connectivity index (χ3v) is 2.45. The average molecular weight is 300 g/mol. The van der Waals surface area contributed by atoms with Crippen LogP contribution in [-0.4, -0.2) is 62.9 Å². The number of esters is 1. The molecule has 0 saturated heterocycles. The van der Waals surface area contributed by atoms with Crippen molar-refractivity contribution in [2.45, 2.75) is 25.1 Å². The van der Waals surface area contributed by atoms with Gasteiger partial charge in [0.2, 0.25) is 5.91 Å². The number of rotatable bonds is 8. The van der Waals surface area contributed by atoms with Gasteiger partial charge >= 0.3 is 12.1 Å². The van der Waals surface area contributed by atoms with E-state index < -0.39 is 37.2 Å². The highest BCUT2D eigenvalue weighted by atomic mass is 19.4. The van der Waals surface area contributed by atoms with Crippen molar-refractivity contribution in [3.63, 3.8) is 0 Å². The Hall–Kier alpha value is -1.35. The molecule has 0 aliphatic carbocycles. The highest BCUT2D eigenvalue weighted by Gasteiger charge is 2.34. The van der Waals surface area contributed by atoms with Crippen LogP contribution in [0.15, 0.2) is 0 Å². The van der Waals surface area contributed by atoms with E-state index in [2.05, 4.69) is 4.74 Å². The number of carbonyl (C=O) groups is 2. The number of hydrogen-bond donors (Lipinski definition) is 1. The third-order valence-electron chi connectivity index (χ3n) is 2.45. The van der Waals surface area contributed by atoms with Crippen molar-refractivity contribution in [3.05, 3.63) is 0 Å². The fraction of sp³-hybridized carbons (Fsp3) is 0.818. The van der Waals surface area contributed by atoms with Gasteiger partial charge in [0.05, 0.1) is 19.6 Å². The van der Waals surface area contributed by atoms with Crippen LogP contribution < -0.4 is 5.73 Å². The maximum atomic E-state index is 12.4. The van der Waals surface area contributed by atoms with Gasteiger partial charge < -0.3 is 20.1 Å². The molecule has 1 atom stereocenters. The van der Waals surface area contributed by atoms with Crippen molar-refractivity contribution >= 4 is 11.9 Å². The standard InChI is InChI=1S/C11H19F3N2O4/c1-19-6-4-8(15)10(18)16(7-11(12,13)14)5-3-9(17)20-2/h8H,3-7,15H2,1-2H3. The minimum atomic E-state index is -4.56. The minimum Gasteiger partial charge on any atom is -0.469 e. The van der Waals surface area contributed by atoms with E-state index in [4.69, 9.17) is 10.5 Å². The second-order valence-electron chi connectivity index (χ2n) is 4.09. The van der Waals surface area contributed by atoms with Gasteiger partial charge in [-0.25, -0.2) is 0 Å². The summed E-state index contributed by atoms with van der Waals surface area (Å²) in [7, 11) is 2.50. The highest BCUT2D eigenvalue weighted by molar-refractivity contribution is 5.82. The zero-order valence-electron chi connectivity index (χ0n) is 11.4. The summed E-state index contributed by atoms with van der Waals surface area (Å²) in [5.74, 6) is -1.57. The summed E-state index contributed by atoms with van der Waals surface area (Å²) < 4.78 is 46.3. The Labute approximate surface area is 115 Å². The topological polar surface area (TPSA) is 81.9 Å². The van der Waals surface area contributed by atoms with Gasteiger partial charge in [0.1, 0.15) is 6.54 Å². The minimum absolute atomic E-state index is 0.0991. The lowest BCUT2D eigenvalue weighted by Gasteiger charge is -2.26. The molecule has 0 fully saturated rings. The lowest BCUT2D eigenvalue weighted by atomic mass is 10.2. The number of methoxy groups -OCH3 is 2. The van der Waals surface area contributed by atoms with Crippen LogP contribution in [0, 0.1) is 0 Å². The van der Waals surface area contributed by atoms with Crippen LogP contribution in [0.1, 0.15) is 12.8 Å². The molecule has 0 spiro atoms. The number of hydrogen-bond acceptors (Lipinski definition) is 5. The zero-order chi connectivity index (χ0) is 15.8. The molecule has 9 heteroatoms. The summed E-state index contributed by atoms with van der Waals surface area (Å²) in [5, 5.41) is 0. The first-order chi connectivity index (χ1) is 9.21. The predicted octanol–water partition coefficient (Wildman–Crippen LogP) is 0.304. The third kappa shape index (κ3) is 7.95. The first-order valence-corrected chi connectivity index (χ1v) is 5.88. The summed E-state index contributed by atoms with van der Waals surface area (Å²) in [5.41, 5.74) is 5.51. The number of alkyl halides is 3. The van der Waals surface area contributed by atoms with Gasteiger partial charge in [-0.3, -0.25) is 9.59 Å². The molecule has 0 aromatic rings. The van der Waals surface area contributed by atoms with Crippen molar-refractivity contribution in [2.75, 3.05) is 33.9 Å². The number of nitrogens with zero attached hydrogens (tertiary/aromatic N) is 1. The first kappa shape index (κ1) is 18.7. The van der Waals surface area contributed by atoms with E-state index in [9.17, 15) is 22.8 Å². The van der Waals surface area contributed by atoms with Crippen molar-refractivity contribution in [3.8, 4) is 0 Å². The fourth-order valence-electron chi connectivity index (χ4n) is 1.41. The highest BCUT2D eigenvalue weighted by Crippen LogP contribution is 2.17. The molecule has 1 amide bonds. The van der Waals surface area contributed by atoms with Gasteiger partial charge in [-0.05, 0) is 6.42 Å². The SMILES string of the molecule is COCCC(N)C(=O)N(CCC(=O)OC)CC(F)(F)F. The molecule has 0 aliphatic heterocycles. The van der Waals surface area contributed by atoms with Crippen LogP contribution in [0.25, 0.3) is 0 Å². The molecule has 1 unspecified atom stereocenters. The molecule has 0 aromatic carbocycles. The lowest BCUT2D eigenvalue weighted by Crippen LogP contribution is -2.48. The van der Waals surface area contributed by atoms with Gasteiger partial charge in [0, 0.05) is 20.3 Å². The number of halogens is 3. The van der Waals surface area contributed by atoms with Crippen LogP contribution in [-0.2, 0) is 19.1 Å². The monoisotopic (exact) mass is 300 g/mol. The maximum absolute atomic E-state index is 12.4. The van der Waals surface area contributed by atoms with E-state index in [-0.39, 0.29) is 19.4 Å². The van der Waals surface area contributed by atoms with Gasteiger partial charge in [0.25, 0.3) is 0 Å². The summed E-state index contributed by atoms with van der Waals surface area (Å²) in [6.07, 6.45) is -4.79. The Kier molecular flexibility index (Phi) is 8.16. The molecule has 0 radical (unpaired) electrons. The Balaban J connectivity index is 4.65. The van der Waals surface area contributed by atoms with Crippen LogP contribution >= 0.6 is 0 Å². The van der Waals surface area contributed by atoms with Crippen molar-refractivity contribution in [1.29, 1.82) is 0 Å². The number of nitrogens with two attached hydrogens (primary N) is 1. The van der Waals surface area contributed by atoms with Crippen molar-refractivity contribution in [1.82, 2.24) is 4.90 Å². The molecular formula is C11H19F3N2O4. The zero-order valence-corrected chi connectivity index (χ0v) is 11.4. The van der Waals surface area contributed by atoms with Crippen molar-refractivity contribution in [2.24, 2.45) is 5.73 Å². The molecule has 20 heavy (non-hydrogen) atoms. The van der Waals surface area contributed by atoms with Crippen LogP contribution in [0.3, 0.4) is 0 Å². The molecule has 6 nitrogen and oxygen atoms in total. The second-order valence-corrected chi connectivity index (χ2v) is 4.09. The summed E-state index contributed by atoms with van der Waals surface area (Å²) in [6.45, 7) is -1.70. The number of carbonyl (C=O) groups excluding carboxylic acids is 2. The Bertz CT molecular complexity index is 323. The van der Waals surface area contributed by atoms with Gasteiger partial charge in [-0.2, -0.15) is 13.2 Å². The van der Waals surface area contributed by atoms with Crippen molar-refractivity contribution < 1.29 is 32.2 Å². The van der Waals surface area contributed by atoms with Gasteiger partial charge in [0.15, 0.2) is 0 Å². The Morgan fingerprint density at radius 1 is 1.30 bits per heavy atom. The smallest absolute Gasteiger partial charge is 0.406 e.